The summed E-state index contributed by atoms with van der Waals surface area (Å²) in [6.45, 7) is 2.47. The molecular weight excluding hydrogens is 172 g/mol. The van der Waals surface area contributed by atoms with Gasteiger partial charge in [-0.3, -0.25) is 0 Å². The molecule has 0 unspecified atom stereocenters. The Kier molecular flexibility index (Phi) is 11.7. The SMILES string of the molecule is OCCOCCCCCOCCO. The number of hydrogen-bond acceptors (Lipinski definition) is 4. The zero-order chi connectivity index (χ0) is 9.78. The predicted molar refractivity (Wildman–Crippen MR) is 49.7 cm³/mol. The second kappa shape index (κ2) is 11.8. The molecule has 0 saturated heterocycles. The largest absolute Gasteiger partial charge is 0.394 e. The van der Waals surface area contributed by atoms with Crippen LogP contribution in [0.2, 0.25) is 0 Å². The summed E-state index contributed by atoms with van der Waals surface area (Å²) in [4.78, 5) is 0. The molecule has 0 aliphatic rings. The van der Waals surface area contributed by atoms with Gasteiger partial charge in [0.15, 0.2) is 0 Å². The highest BCUT2D eigenvalue weighted by Gasteiger charge is 1.90. The number of hydrogen-bond donors (Lipinski definition) is 2. The summed E-state index contributed by atoms with van der Waals surface area (Å²) in [6, 6.07) is 0. The number of ether oxygens (including phenoxy) is 2. The van der Waals surface area contributed by atoms with E-state index >= 15 is 0 Å². The van der Waals surface area contributed by atoms with Crippen molar-refractivity contribution in [3.8, 4) is 0 Å². The number of rotatable bonds is 10. The molecule has 0 aromatic carbocycles. The first kappa shape index (κ1) is 12.8. The van der Waals surface area contributed by atoms with Gasteiger partial charge in [0.05, 0.1) is 26.4 Å². The molecule has 0 amide bonds. The molecule has 0 bridgehead atoms. The first-order valence-corrected chi connectivity index (χ1v) is 4.79. The van der Waals surface area contributed by atoms with E-state index in [-0.39, 0.29) is 13.2 Å². The van der Waals surface area contributed by atoms with Gasteiger partial charge in [-0.2, -0.15) is 0 Å². The molecule has 0 aromatic heterocycles. The molecule has 0 rings (SSSR count). The van der Waals surface area contributed by atoms with Crippen LogP contribution < -0.4 is 0 Å². The van der Waals surface area contributed by atoms with Crippen molar-refractivity contribution in [2.24, 2.45) is 0 Å². The molecule has 0 atom stereocenters. The molecular formula is C9H20O4. The zero-order valence-corrected chi connectivity index (χ0v) is 8.07. The molecule has 0 saturated carbocycles. The molecule has 4 nitrogen and oxygen atoms in total. The van der Waals surface area contributed by atoms with Gasteiger partial charge in [-0.15, -0.1) is 0 Å². The summed E-state index contributed by atoms with van der Waals surface area (Å²) < 4.78 is 10.2. The summed E-state index contributed by atoms with van der Waals surface area (Å²) in [7, 11) is 0. The summed E-state index contributed by atoms with van der Waals surface area (Å²) >= 11 is 0. The summed E-state index contributed by atoms with van der Waals surface area (Å²) in [5.41, 5.74) is 0. The lowest BCUT2D eigenvalue weighted by atomic mass is 10.2. The predicted octanol–water partition coefficient (Wildman–Crippen LogP) is 0.174. The van der Waals surface area contributed by atoms with Gasteiger partial charge in [-0.05, 0) is 19.3 Å². The Bertz CT molecular complexity index is 77.7. The Labute approximate surface area is 79.5 Å². The van der Waals surface area contributed by atoms with Crippen LogP contribution in [0.4, 0.5) is 0 Å². The highest BCUT2D eigenvalue weighted by Crippen LogP contribution is 1.96. The van der Waals surface area contributed by atoms with E-state index in [4.69, 9.17) is 19.7 Å². The second-order valence-corrected chi connectivity index (χ2v) is 2.73. The Balaban J connectivity index is 2.76. The van der Waals surface area contributed by atoms with E-state index in [1.54, 1.807) is 0 Å². The molecule has 0 radical (unpaired) electrons. The number of unbranched alkanes of at least 4 members (excludes halogenated alkanes) is 2. The fourth-order valence-electron chi connectivity index (χ4n) is 0.918. The van der Waals surface area contributed by atoms with Gasteiger partial charge < -0.3 is 19.7 Å². The van der Waals surface area contributed by atoms with E-state index in [2.05, 4.69) is 0 Å². The van der Waals surface area contributed by atoms with Crippen molar-refractivity contribution in [2.45, 2.75) is 19.3 Å². The summed E-state index contributed by atoms with van der Waals surface area (Å²) in [5.74, 6) is 0. The van der Waals surface area contributed by atoms with E-state index in [0.717, 1.165) is 19.3 Å². The topological polar surface area (TPSA) is 58.9 Å². The number of aliphatic hydroxyl groups excluding tert-OH is 2. The maximum absolute atomic E-state index is 8.40. The van der Waals surface area contributed by atoms with Crippen LogP contribution in [0.25, 0.3) is 0 Å². The highest BCUT2D eigenvalue weighted by molar-refractivity contribution is 4.40. The molecule has 0 fully saturated rings. The van der Waals surface area contributed by atoms with Gasteiger partial charge in [-0.25, -0.2) is 0 Å². The van der Waals surface area contributed by atoms with Crippen molar-refractivity contribution in [3.63, 3.8) is 0 Å². The summed E-state index contributed by atoms with van der Waals surface area (Å²) in [5, 5.41) is 16.8. The molecule has 13 heavy (non-hydrogen) atoms. The van der Waals surface area contributed by atoms with Crippen molar-refractivity contribution < 1.29 is 19.7 Å². The van der Waals surface area contributed by atoms with Gasteiger partial charge in [0.2, 0.25) is 0 Å². The highest BCUT2D eigenvalue weighted by atomic mass is 16.5. The van der Waals surface area contributed by atoms with Crippen molar-refractivity contribution in [1.29, 1.82) is 0 Å². The maximum Gasteiger partial charge on any atom is 0.0697 e. The average Bonchev–Trinajstić information content (AvgIpc) is 2.16. The van der Waals surface area contributed by atoms with Crippen molar-refractivity contribution in [1.82, 2.24) is 0 Å². The van der Waals surface area contributed by atoms with E-state index in [0.29, 0.717) is 26.4 Å². The van der Waals surface area contributed by atoms with E-state index in [9.17, 15) is 0 Å². The Morgan fingerprint density at radius 1 is 0.615 bits per heavy atom. The molecule has 0 aliphatic heterocycles. The molecule has 4 heteroatoms. The third kappa shape index (κ3) is 11.8. The normalized spacial score (nSPS) is 10.6. The van der Waals surface area contributed by atoms with Gasteiger partial charge in [0.25, 0.3) is 0 Å². The Morgan fingerprint density at radius 3 is 1.46 bits per heavy atom. The minimum absolute atomic E-state index is 0.0968. The van der Waals surface area contributed by atoms with Gasteiger partial charge in [-0.1, -0.05) is 0 Å². The summed E-state index contributed by atoms with van der Waals surface area (Å²) in [6.07, 6.45) is 3.07. The smallest absolute Gasteiger partial charge is 0.0697 e. The van der Waals surface area contributed by atoms with E-state index in [1.165, 1.54) is 0 Å². The standard InChI is InChI=1S/C9H20O4/c10-4-8-12-6-2-1-3-7-13-9-5-11/h10-11H,1-9H2. The molecule has 2 N–H and O–H groups in total. The van der Waals surface area contributed by atoms with Crippen molar-refractivity contribution in [2.75, 3.05) is 39.6 Å². The van der Waals surface area contributed by atoms with E-state index in [1.807, 2.05) is 0 Å². The van der Waals surface area contributed by atoms with Crippen LogP contribution in [0.1, 0.15) is 19.3 Å². The van der Waals surface area contributed by atoms with Crippen LogP contribution >= 0.6 is 0 Å². The lowest BCUT2D eigenvalue weighted by Crippen LogP contribution is -2.03. The Hall–Kier alpha value is -0.160. The van der Waals surface area contributed by atoms with Crippen LogP contribution in [0.15, 0.2) is 0 Å². The zero-order valence-electron chi connectivity index (χ0n) is 8.07. The van der Waals surface area contributed by atoms with Gasteiger partial charge in [0, 0.05) is 13.2 Å². The van der Waals surface area contributed by atoms with Crippen LogP contribution in [0.3, 0.4) is 0 Å². The fraction of sp³-hybridized carbons (Fsp3) is 1.00. The minimum Gasteiger partial charge on any atom is -0.394 e. The minimum atomic E-state index is 0.0968. The van der Waals surface area contributed by atoms with Crippen molar-refractivity contribution in [3.05, 3.63) is 0 Å². The van der Waals surface area contributed by atoms with E-state index < -0.39 is 0 Å². The quantitative estimate of drug-likeness (QED) is 0.485. The fourth-order valence-corrected chi connectivity index (χ4v) is 0.918. The lowest BCUT2D eigenvalue weighted by Gasteiger charge is -2.03. The second-order valence-electron chi connectivity index (χ2n) is 2.73. The number of aliphatic hydroxyl groups is 2. The maximum atomic E-state index is 8.40. The van der Waals surface area contributed by atoms with Crippen LogP contribution in [0, 0.1) is 0 Å². The third-order valence-electron chi connectivity index (χ3n) is 1.55. The average molecular weight is 192 g/mol. The molecule has 0 aliphatic carbocycles. The van der Waals surface area contributed by atoms with Gasteiger partial charge in [0.1, 0.15) is 0 Å². The molecule has 0 aromatic rings. The molecule has 0 heterocycles. The van der Waals surface area contributed by atoms with Crippen molar-refractivity contribution >= 4 is 0 Å². The monoisotopic (exact) mass is 192 g/mol. The molecule has 0 spiro atoms. The Morgan fingerprint density at radius 2 is 1.08 bits per heavy atom. The van der Waals surface area contributed by atoms with Crippen LogP contribution in [-0.4, -0.2) is 49.9 Å². The third-order valence-corrected chi connectivity index (χ3v) is 1.55. The first-order chi connectivity index (χ1) is 6.41. The van der Waals surface area contributed by atoms with Crippen LogP contribution in [0.5, 0.6) is 0 Å². The van der Waals surface area contributed by atoms with Gasteiger partial charge >= 0.3 is 0 Å². The first-order valence-electron chi connectivity index (χ1n) is 4.79. The van der Waals surface area contributed by atoms with Crippen LogP contribution in [-0.2, 0) is 9.47 Å². The lowest BCUT2D eigenvalue weighted by molar-refractivity contribution is 0.0785. The molecule has 80 valence electrons.